The predicted octanol–water partition coefficient (Wildman–Crippen LogP) is 3.70. The van der Waals surface area contributed by atoms with Gasteiger partial charge < -0.3 is 10.1 Å². The number of sulfonamides is 1. The van der Waals surface area contributed by atoms with Gasteiger partial charge in [0.2, 0.25) is 15.9 Å². The Morgan fingerprint density at radius 1 is 1.26 bits per heavy atom. The molecule has 0 saturated heterocycles. The number of halogens is 3. The Balaban J connectivity index is 3.19. The summed E-state index contributed by atoms with van der Waals surface area (Å²) in [5, 5.41) is 2.31. The van der Waals surface area contributed by atoms with Crippen LogP contribution in [0.3, 0.4) is 0 Å². The zero-order valence-corrected chi connectivity index (χ0v) is 17.1. The average molecular weight is 428 g/mol. The van der Waals surface area contributed by atoms with Crippen LogP contribution in [0.5, 0.6) is 5.75 Å². The molecule has 0 aliphatic heterocycles. The molecule has 0 atom stereocenters. The zero-order valence-electron chi connectivity index (χ0n) is 15.5. The van der Waals surface area contributed by atoms with E-state index in [9.17, 15) is 26.4 Å². The smallest absolute Gasteiger partial charge is 0.442 e. The number of hydrogen-bond acceptors (Lipinski definition) is 5. The van der Waals surface area contributed by atoms with E-state index in [1.165, 1.54) is 22.5 Å². The molecule has 1 N–H and O–H groups in total. The van der Waals surface area contributed by atoms with E-state index in [2.05, 4.69) is 5.32 Å². The van der Waals surface area contributed by atoms with E-state index in [1.54, 1.807) is 27.7 Å². The maximum atomic E-state index is 12.6. The normalized spacial score (nSPS) is 12.5. The van der Waals surface area contributed by atoms with E-state index in [0.29, 0.717) is 0 Å². The molecule has 0 unspecified atom stereocenters. The summed E-state index contributed by atoms with van der Waals surface area (Å²) in [5.74, 6) is -1.59. The number of nitrogens with zero attached hydrogens (tertiary/aromatic N) is 1. The summed E-state index contributed by atoms with van der Waals surface area (Å²) in [7, 11) is -3.80. The predicted molar refractivity (Wildman–Crippen MR) is 99.5 cm³/mol. The molecular weight excluding hydrogens is 405 g/mol. The topological polar surface area (TPSA) is 75.7 Å². The Bertz CT molecular complexity index is 749. The Morgan fingerprint density at radius 2 is 1.85 bits per heavy atom. The molecule has 11 heteroatoms. The summed E-state index contributed by atoms with van der Waals surface area (Å²) in [6.07, 6.45) is -0.282. The van der Waals surface area contributed by atoms with Gasteiger partial charge in [0, 0.05) is 13.1 Å². The first kappa shape index (κ1) is 23.6. The summed E-state index contributed by atoms with van der Waals surface area (Å²) in [6, 6.07) is 3.91. The number of thioether (sulfide) groups is 1. The molecule has 0 radical (unpaired) electrons. The van der Waals surface area contributed by atoms with E-state index in [-0.39, 0.29) is 35.5 Å². The number of nitrogens with one attached hydrogen (secondary N) is 1. The van der Waals surface area contributed by atoms with Crippen molar-refractivity contribution < 1.29 is 31.1 Å². The van der Waals surface area contributed by atoms with Crippen LogP contribution in [-0.4, -0.2) is 49.1 Å². The van der Waals surface area contributed by atoms with Gasteiger partial charge in [-0.05, 0) is 43.8 Å². The number of carbonyl (C=O) groups excluding carboxylic acids is 1. The van der Waals surface area contributed by atoms with E-state index < -0.39 is 39.0 Å². The molecule has 154 valence electrons. The molecule has 0 aromatic heterocycles. The van der Waals surface area contributed by atoms with Gasteiger partial charge in [0.15, 0.2) is 0 Å². The van der Waals surface area contributed by atoms with E-state index >= 15 is 0 Å². The maximum absolute atomic E-state index is 12.6. The van der Waals surface area contributed by atoms with Gasteiger partial charge in [-0.2, -0.15) is 17.5 Å². The molecule has 6 nitrogen and oxygen atoms in total. The lowest BCUT2D eigenvalue weighted by molar-refractivity contribution is -0.114. The van der Waals surface area contributed by atoms with Crippen molar-refractivity contribution in [2.75, 3.05) is 24.2 Å². The minimum atomic E-state index is -4.54. The Kier molecular flexibility index (Phi) is 8.43. The number of ether oxygens (including phenoxy) is 1. The molecule has 0 heterocycles. The van der Waals surface area contributed by atoms with Crippen LogP contribution in [0.25, 0.3) is 0 Å². The minimum absolute atomic E-state index is 0.00436. The van der Waals surface area contributed by atoms with Crippen molar-refractivity contribution in [1.82, 2.24) is 4.31 Å². The summed E-state index contributed by atoms with van der Waals surface area (Å²) >= 11 is -0.477. The minimum Gasteiger partial charge on any atom is -0.489 e. The number of carbonyl (C=O) groups is 1. The fourth-order valence-corrected chi connectivity index (χ4v) is 4.02. The van der Waals surface area contributed by atoms with Gasteiger partial charge in [0.1, 0.15) is 5.75 Å². The molecular formula is C16H23F3N2O4S2. The van der Waals surface area contributed by atoms with Gasteiger partial charge in [-0.3, -0.25) is 4.79 Å². The molecule has 0 bridgehead atoms. The molecule has 0 saturated carbocycles. The Morgan fingerprint density at radius 3 is 2.33 bits per heavy atom. The van der Waals surface area contributed by atoms with Gasteiger partial charge in [0.05, 0.1) is 22.4 Å². The van der Waals surface area contributed by atoms with Crippen LogP contribution >= 0.6 is 11.8 Å². The van der Waals surface area contributed by atoms with Crippen LogP contribution in [0, 0.1) is 0 Å². The summed E-state index contributed by atoms with van der Waals surface area (Å²) in [4.78, 5) is 11.8. The first-order chi connectivity index (χ1) is 12.4. The second-order valence-corrected chi connectivity index (χ2v) is 8.67. The Labute approximate surface area is 161 Å². The third-order valence-electron chi connectivity index (χ3n) is 3.30. The van der Waals surface area contributed by atoms with Crippen molar-refractivity contribution in [3.8, 4) is 5.75 Å². The monoisotopic (exact) mass is 428 g/mol. The number of amides is 1. The lowest BCUT2D eigenvalue weighted by Crippen LogP contribution is -2.30. The highest BCUT2D eigenvalue weighted by molar-refractivity contribution is 8.00. The third kappa shape index (κ3) is 7.23. The fraction of sp³-hybridized carbons (Fsp3) is 0.562. The summed E-state index contributed by atoms with van der Waals surface area (Å²) < 4.78 is 68.8. The van der Waals surface area contributed by atoms with Crippen molar-refractivity contribution in [3.63, 3.8) is 0 Å². The molecule has 1 rings (SSSR count). The first-order valence-electron chi connectivity index (χ1n) is 8.22. The molecule has 0 aliphatic carbocycles. The molecule has 1 aromatic rings. The lowest BCUT2D eigenvalue weighted by atomic mass is 10.3. The van der Waals surface area contributed by atoms with Crippen molar-refractivity contribution in [3.05, 3.63) is 18.2 Å². The standard InChI is InChI=1S/C16H23F3N2O4S2/c1-5-21(6-2)27(23,24)12-7-8-14(25-11(3)4)13(9-12)20-15(22)10-26-16(17,18)19/h7-9,11H,5-6,10H2,1-4H3,(H,20,22). The average Bonchev–Trinajstić information content (AvgIpc) is 2.54. The molecule has 0 spiro atoms. The van der Waals surface area contributed by atoms with Crippen LogP contribution < -0.4 is 10.1 Å². The van der Waals surface area contributed by atoms with Crippen molar-refractivity contribution in [2.45, 2.75) is 44.2 Å². The van der Waals surface area contributed by atoms with Crippen LogP contribution in [0.4, 0.5) is 18.9 Å². The fourth-order valence-electron chi connectivity index (χ4n) is 2.17. The van der Waals surface area contributed by atoms with Gasteiger partial charge in [-0.15, -0.1) is 0 Å². The maximum Gasteiger partial charge on any atom is 0.442 e. The van der Waals surface area contributed by atoms with Gasteiger partial charge in [-0.25, -0.2) is 8.42 Å². The van der Waals surface area contributed by atoms with Gasteiger partial charge >= 0.3 is 5.51 Å². The highest BCUT2D eigenvalue weighted by Crippen LogP contribution is 2.32. The molecule has 1 amide bonds. The van der Waals surface area contributed by atoms with Crippen molar-refractivity contribution in [2.24, 2.45) is 0 Å². The number of alkyl halides is 3. The van der Waals surface area contributed by atoms with Crippen LogP contribution in [-0.2, 0) is 14.8 Å². The van der Waals surface area contributed by atoms with E-state index in [4.69, 9.17) is 4.74 Å². The Hall–Kier alpha value is -1.46. The molecule has 1 aromatic carbocycles. The largest absolute Gasteiger partial charge is 0.489 e. The van der Waals surface area contributed by atoms with Gasteiger partial charge in [0.25, 0.3) is 0 Å². The summed E-state index contributed by atoms with van der Waals surface area (Å²) in [6.45, 7) is 7.35. The zero-order chi connectivity index (χ0) is 20.8. The number of benzene rings is 1. The second kappa shape index (κ2) is 9.65. The first-order valence-corrected chi connectivity index (χ1v) is 10.6. The van der Waals surface area contributed by atoms with Crippen molar-refractivity contribution >= 4 is 33.4 Å². The summed E-state index contributed by atoms with van der Waals surface area (Å²) in [5.41, 5.74) is -4.53. The molecule has 0 fully saturated rings. The molecule has 0 aliphatic rings. The number of anilines is 1. The van der Waals surface area contributed by atoms with Gasteiger partial charge in [-0.1, -0.05) is 13.8 Å². The van der Waals surface area contributed by atoms with E-state index in [1.807, 2.05) is 0 Å². The van der Waals surface area contributed by atoms with Crippen LogP contribution in [0.2, 0.25) is 0 Å². The SMILES string of the molecule is CCN(CC)S(=O)(=O)c1ccc(OC(C)C)c(NC(=O)CSC(F)(F)F)c1. The quantitative estimate of drug-likeness (QED) is 0.649. The highest BCUT2D eigenvalue weighted by atomic mass is 32.2. The van der Waals surface area contributed by atoms with Crippen LogP contribution in [0.15, 0.2) is 23.1 Å². The van der Waals surface area contributed by atoms with Crippen molar-refractivity contribution in [1.29, 1.82) is 0 Å². The number of hydrogen-bond donors (Lipinski definition) is 1. The van der Waals surface area contributed by atoms with E-state index in [0.717, 1.165) is 0 Å². The third-order valence-corrected chi connectivity index (χ3v) is 6.08. The lowest BCUT2D eigenvalue weighted by Gasteiger charge is -2.20. The molecule has 27 heavy (non-hydrogen) atoms. The number of rotatable bonds is 9. The second-order valence-electron chi connectivity index (χ2n) is 5.70. The van der Waals surface area contributed by atoms with Crippen LogP contribution in [0.1, 0.15) is 27.7 Å². The highest BCUT2D eigenvalue weighted by Gasteiger charge is 2.29.